The van der Waals surface area contributed by atoms with Crippen LogP contribution in [0.4, 0.5) is 5.69 Å². The monoisotopic (exact) mass is 255 g/mol. The highest BCUT2D eigenvalue weighted by atomic mass is 16.2. The number of pyridine rings is 1. The number of nitrogens with two attached hydrogens (primary N) is 1. The molecule has 2 aromatic rings. The lowest BCUT2D eigenvalue weighted by Crippen LogP contribution is -2.14. The standard InChI is InChI=1S/C14H13N3O2/c1-9-3-2-4-12(16-9)14(19)17-11-7-5-10(6-8-11)13(15)18/h2-8H,1H3,(H2,15,18)(H,17,19). The van der Waals surface area contributed by atoms with Gasteiger partial charge in [-0.05, 0) is 43.3 Å². The maximum absolute atomic E-state index is 11.9. The maximum atomic E-state index is 11.9. The van der Waals surface area contributed by atoms with Crippen molar-refractivity contribution in [3.05, 3.63) is 59.4 Å². The normalized spacial score (nSPS) is 9.95. The second-order valence-corrected chi connectivity index (χ2v) is 4.06. The zero-order valence-electron chi connectivity index (χ0n) is 10.4. The molecule has 3 N–H and O–H groups in total. The van der Waals surface area contributed by atoms with E-state index in [2.05, 4.69) is 10.3 Å². The van der Waals surface area contributed by atoms with E-state index in [1.807, 2.05) is 13.0 Å². The fourth-order valence-corrected chi connectivity index (χ4v) is 1.58. The van der Waals surface area contributed by atoms with E-state index in [0.717, 1.165) is 5.69 Å². The van der Waals surface area contributed by atoms with Gasteiger partial charge in [0.25, 0.3) is 5.91 Å². The molecule has 0 saturated carbocycles. The van der Waals surface area contributed by atoms with E-state index in [0.29, 0.717) is 16.9 Å². The van der Waals surface area contributed by atoms with Crippen molar-refractivity contribution in [2.45, 2.75) is 6.92 Å². The number of carbonyl (C=O) groups is 2. The molecule has 0 unspecified atom stereocenters. The van der Waals surface area contributed by atoms with Crippen molar-refractivity contribution in [1.29, 1.82) is 0 Å². The number of anilines is 1. The molecule has 0 fully saturated rings. The lowest BCUT2D eigenvalue weighted by atomic mass is 10.2. The minimum atomic E-state index is -0.502. The van der Waals surface area contributed by atoms with E-state index >= 15 is 0 Å². The van der Waals surface area contributed by atoms with Crippen LogP contribution in [0.3, 0.4) is 0 Å². The van der Waals surface area contributed by atoms with Crippen molar-refractivity contribution in [2.24, 2.45) is 5.73 Å². The first kappa shape index (κ1) is 12.8. The number of aromatic nitrogens is 1. The van der Waals surface area contributed by atoms with Gasteiger partial charge in [0.15, 0.2) is 0 Å². The maximum Gasteiger partial charge on any atom is 0.274 e. The van der Waals surface area contributed by atoms with Gasteiger partial charge in [0.1, 0.15) is 5.69 Å². The molecular formula is C14H13N3O2. The molecule has 19 heavy (non-hydrogen) atoms. The Morgan fingerprint density at radius 2 is 1.79 bits per heavy atom. The molecule has 0 bridgehead atoms. The third-order valence-electron chi connectivity index (χ3n) is 2.55. The summed E-state index contributed by atoms with van der Waals surface area (Å²) in [6, 6.07) is 11.6. The van der Waals surface area contributed by atoms with Crippen molar-refractivity contribution in [3.63, 3.8) is 0 Å². The van der Waals surface area contributed by atoms with E-state index in [1.165, 1.54) is 0 Å². The molecule has 5 nitrogen and oxygen atoms in total. The number of rotatable bonds is 3. The van der Waals surface area contributed by atoms with Gasteiger partial charge in [-0.1, -0.05) is 6.07 Å². The second-order valence-electron chi connectivity index (χ2n) is 4.06. The van der Waals surface area contributed by atoms with Crippen LogP contribution in [0.15, 0.2) is 42.5 Å². The Labute approximate surface area is 110 Å². The summed E-state index contributed by atoms with van der Waals surface area (Å²) in [6.07, 6.45) is 0. The van der Waals surface area contributed by atoms with Crippen LogP contribution in [0.2, 0.25) is 0 Å². The molecule has 1 heterocycles. The summed E-state index contributed by atoms with van der Waals surface area (Å²) in [5.74, 6) is -0.797. The Kier molecular flexibility index (Phi) is 3.56. The first-order valence-electron chi connectivity index (χ1n) is 5.71. The van der Waals surface area contributed by atoms with Gasteiger partial charge in [0.2, 0.25) is 5.91 Å². The summed E-state index contributed by atoms with van der Waals surface area (Å²) < 4.78 is 0. The van der Waals surface area contributed by atoms with Crippen LogP contribution >= 0.6 is 0 Å². The summed E-state index contributed by atoms with van der Waals surface area (Å²) in [6.45, 7) is 1.82. The van der Waals surface area contributed by atoms with Crippen molar-refractivity contribution < 1.29 is 9.59 Å². The smallest absolute Gasteiger partial charge is 0.274 e. The number of benzene rings is 1. The van der Waals surface area contributed by atoms with Crippen LogP contribution < -0.4 is 11.1 Å². The number of hydrogen-bond acceptors (Lipinski definition) is 3. The Hall–Kier alpha value is -2.69. The van der Waals surface area contributed by atoms with Crippen molar-refractivity contribution >= 4 is 17.5 Å². The fourth-order valence-electron chi connectivity index (χ4n) is 1.58. The van der Waals surface area contributed by atoms with E-state index < -0.39 is 5.91 Å². The third-order valence-corrected chi connectivity index (χ3v) is 2.55. The van der Waals surface area contributed by atoms with Gasteiger partial charge in [0.05, 0.1) is 0 Å². The first-order chi connectivity index (χ1) is 9.06. The topological polar surface area (TPSA) is 85.1 Å². The molecule has 2 rings (SSSR count). The van der Waals surface area contributed by atoms with Crippen molar-refractivity contribution in [2.75, 3.05) is 5.32 Å². The van der Waals surface area contributed by atoms with Gasteiger partial charge in [0, 0.05) is 16.9 Å². The van der Waals surface area contributed by atoms with Crippen LogP contribution in [-0.2, 0) is 0 Å². The Morgan fingerprint density at radius 1 is 1.11 bits per heavy atom. The average Bonchev–Trinajstić information content (AvgIpc) is 2.39. The summed E-state index contributed by atoms with van der Waals surface area (Å²) >= 11 is 0. The zero-order chi connectivity index (χ0) is 13.8. The molecule has 96 valence electrons. The Bertz CT molecular complexity index is 621. The van der Waals surface area contributed by atoms with Gasteiger partial charge in [-0.2, -0.15) is 0 Å². The predicted molar refractivity (Wildman–Crippen MR) is 71.9 cm³/mol. The first-order valence-corrected chi connectivity index (χ1v) is 5.71. The van der Waals surface area contributed by atoms with Crippen LogP contribution in [0, 0.1) is 6.92 Å². The second kappa shape index (κ2) is 5.30. The highest BCUT2D eigenvalue weighted by molar-refractivity contribution is 6.03. The molecular weight excluding hydrogens is 242 g/mol. The molecule has 0 spiro atoms. The van der Waals surface area contributed by atoms with Gasteiger partial charge in [-0.3, -0.25) is 9.59 Å². The average molecular weight is 255 g/mol. The zero-order valence-corrected chi connectivity index (χ0v) is 10.4. The number of amides is 2. The largest absolute Gasteiger partial charge is 0.366 e. The lowest BCUT2D eigenvalue weighted by molar-refractivity contribution is 0.0998. The molecule has 0 radical (unpaired) electrons. The van der Waals surface area contributed by atoms with Crippen molar-refractivity contribution in [3.8, 4) is 0 Å². The summed E-state index contributed by atoms with van der Waals surface area (Å²) in [5, 5.41) is 2.70. The molecule has 0 aliphatic carbocycles. The number of primary amides is 1. The molecule has 2 amide bonds. The minimum Gasteiger partial charge on any atom is -0.366 e. The fraction of sp³-hybridized carbons (Fsp3) is 0.0714. The van der Waals surface area contributed by atoms with Gasteiger partial charge in [-0.25, -0.2) is 4.98 Å². The number of hydrogen-bond donors (Lipinski definition) is 2. The summed E-state index contributed by atoms with van der Waals surface area (Å²) in [4.78, 5) is 27.0. The minimum absolute atomic E-state index is 0.296. The third kappa shape index (κ3) is 3.16. The summed E-state index contributed by atoms with van der Waals surface area (Å²) in [5.41, 5.74) is 7.23. The molecule has 0 aliphatic rings. The van der Waals surface area contributed by atoms with Crippen molar-refractivity contribution in [1.82, 2.24) is 4.98 Å². The molecule has 0 atom stereocenters. The molecule has 5 heteroatoms. The van der Waals surface area contributed by atoms with Crippen LogP contribution in [0.25, 0.3) is 0 Å². The van der Waals surface area contributed by atoms with Gasteiger partial charge < -0.3 is 11.1 Å². The van der Waals surface area contributed by atoms with Gasteiger partial charge in [-0.15, -0.1) is 0 Å². The predicted octanol–water partition coefficient (Wildman–Crippen LogP) is 1.74. The lowest BCUT2D eigenvalue weighted by Gasteiger charge is -2.05. The highest BCUT2D eigenvalue weighted by Crippen LogP contribution is 2.10. The van der Waals surface area contributed by atoms with E-state index in [4.69, 9.17) is 5.73 Å². The number of carbonyl (C=O) groups excluding carboxylic acids is 2. The quantitative estimate of drug-likeness (QED) is 0.876. The Balaban J connectivity index is 2.13. The van der Waals surface area contributed by atoms with Gasteiger partial charge >= 0.3 is 0 Å². The summed E-state index contributed by atoms with van der Waals surface area (Å²) in [7, 11) is 0. The number of nitrogens with zero attached hydrogens (tertiary/aromatic N) is 1. The van der Waals surface area contributed by atoms with E-state index in [9.17, 15) is 9.59 Å². The molecule has 1 aromatic carbocycles. The SMILES string of the molecule is Cc1cccc(C(=O)Nc2ccc(C(N)=O)cc2)n1. The molecule has 0 saturated heterocycles. The van der Waals surface area contributed by atoms with E-state index in [-0.39, 0.29) is 5.91 Å². The molecule has 0 aliphatic heterocycles. The molecule has 1 aromatic heterocycles. The number of nitrogens with one attached hydrogen (secondary N) is 1. The van der Waals surface area contributed by atoms with Crippen LogP contribution in [0.5, 0.6) is 0 Å². The Morgan fingerprint density at radius 3 is 2.37 bits per heavy atom. The van der Waals surface area contributed by atoms with Crippen LogP contribution in [-0.4, -0.2) is 16.8 Å². The van der Waals surface area contributed by atoms with E-state index in [1.54, 1.807) is 36.4 Å². The number of aryl methyl sites for hydroxylation is 1. The highest BCUT2D eigenvalue weighted by Gasteiger charge is 2.08. The van der Waals surface area contributed by atoms with Crippen LogP contribution in [0.1, 0.15) is 26.5 Å².